The second kappa shape index (κ2) is 8.37. The van der Waals surface area contributed by atoms with Crippen molar-refractivity contribution < 1.29 is 9.59 Å². The molecule has 0 saturated heterocycles. The van der Waals surface area contributed by atoms with Crippen molar-refractivity contribution >= 4 is 34.5 Å². The Hall–Kier alpha value is -1.66. The summed E-state index contributed by atoms with van der Waals surface area (Å²) >= 11 is 3.31. The maximum Gasteiger partial charge on any atom is 0.263 e. The van der Waals surface area contributed by atoms with Crippen molar-refractivity contribution in [3.63, 3.8) is 0 Å². The van der Waals surface area contributed by atoms with E-state index in [1.54, 1.807) is 32.5 Å². The lowest BCUT2D eigenvalue weighted by Gasteiger charge is -2.21. The minimum atomic E-state index is 0.0758. The van der Waals surface area contributed by atoms with Crippen LogP contribution in [0.3, 0.4) is 0 Å². The largest absolute Gasteiger partial charge is 0.339 e. The highest BCUT2D eigenvalue weighted by Gasteiger charge is 2.22. The Bertz CT molecular complexity index is 764. The van der Waals surface area contributed by atoms with Crippen LogP contribution in [0.15, 0.2) is 12.1 Å². The molecule has 2 aliphatic rings. The van der Waals surface area contributed by atoms with Crippen LogP contribution in [0.4, 0.5) is 0 Å². The lowest BCUT2D eigenvalue weighted by Crippen LogP contribution is -2.37. The summed E-state index contributed by atoms with van der Waals surface area (Å²) in [6.07, 6.45) is 9.35. The van der Waals surface area contributed by atoms with E-state index < -0.39 is 0 Å². The number of amides is 2. The summed E-state index contributed by atoms with van der Waals surface area (Å²) in [6, 6.07) is 4.17. The van der Waals surface area contributed by atoms with Gasteiger partial charge in [-0.25, -0.2) is 0 Å². The topological polar surface area (TPSA) is 40.6 Å². The van der Waals surface area contributed by atoms with Crippen molar-refractivity contribution in [2.75, 3.05) is 27.2 Å². The fourth-order valence-electron chi connectivity index (χ4n) is 4.07. The van der Waals surface area contributed by atoms with Gasteiger partial charge in [-0.3, -0.25) is 9.59 Å². The van der Waals surface area contributed by atoms with Crippen LogP contribution in [0.25, 0.3) is 0 Å². The molecule has 2 aliphatic carbocycles. The average molecular weight is 417 g/mol. The zero-order chi connectivity index (χ0) is 19.7. The van der Waals surface area contributed by atoms with E-state index in [1.807, 2.05) is 14.1 Å². The molecule has 0 radical (unpaired) electrons. The van der Waals surface area contributed by atoms with Gasteiger partial charge < -0.3 is 9.80 Å². The van der Waals surface area contributed by atoms with Gasteiger partial charge >= 0.3 is 0 Å². The van der Waals surface area contributed by atoms with Crippen LogP contribution in [-0.4, -0.2) is 48.8 Å². The van der Waals surface area contributed by atoms with Crippen molar-refractivity contribution in [3.8, 4) is 0 Å². The number of rotatable bonds is 5. The molecule has 0 saturated carbocycles. The van der Waals surface area contributed by atoms with Crippen LogP contribution in [-0.2, 0) is 25.7 Å². The Morgan fingerprint density at radius 3 is 1.54 bits per heavy atom. The van der Waals surface area contributed by atoms with Crippen LogP contribution in [0.2, 0.25) is 0 Å². The highest BCUT2D eigenvalue weighted by Crippen LogP contribution is 2.31. The van der Waals surface area contributed by atoms with Crippen molar-refractivity contribution in [1.82, 2.24) is 9.80 Å². The summed E-state index contributed by atoms with van der Waals surface area (Å²) in [5.41, 5.74) is 2.73. The number of hydrogen-bond acceptors (Lipinski definition) is 4. The Kier molecular flexibility index (Phi) is 5.88. The second-order valence-corrected chi connectivity index (χ2v) is 10.3. The van der Waals surface area contributed by atoms with Crippen molar-refractivity contribution in [2.45, 2.75) is 51.4 Å². The van der Waals surface area contributed by atoms with E-state index in [-0.39, 0.29) is 11.8 Å². The van der Waals surface area contributed by atoms with Gasteiger partial charge in [0.25, 0.3) is 11.8 Å². The van der Waals surface area contributed by atoms with Crippen LogP contribution in [0.5, 0.6) is 0 Å². The summed E-state index contributed by atoms with van der Waals surface area (Å²) < 4.78 is 0. The number of thiophene rings is 2. The molecule has 0 N–H and O–H groups in total. The second-order valence-electron chi connectivity index (χ2n) is 7.99. The van der Waals surface area contributed by atoms with Crippen LogP contribution in [0, 0.1) is 0 Å². The molecule has 2 aromatic rings. The molecular formula is C22H28N2O2S2. The van der Waals surface area contributed by atoms with Crippen LogP contribution < -0.4 is 0 Å². The summed E-state index contributed by atoms with van der Waals surface area (Å²) in [4.78, 5) is 33.5. The van der Waals surface area contributed by atoms with Crippen LogP contribution >= 0.6 is 22.7 Å². The Morgan fingerprint density at radius 2 is 1.14 bits per heavy atom. The van der Waals surface area contributed by atoms with E-state index in [1.165, 1.54) is 46.6 Å². The van der Waals surface area contributed by atoms with E-state index >= 15 is 0 Å². The highest BCUT2D eigenvalue weighted by molar-refractivity contribution is 7.14. The number of carbonyl (C=O) groups excluding carboxylic acids is 2. The van der Waals surface area contributed by atoms with Gasteiger partial charge in [0.05, 0.1) is 9.75 Å². The Balaban J connectivity index is 1.34. The van der Waals surface area contributed by atoms with Gasteiger partial charge in [0, 0.05) is 36.9 Å². The van der Waals surface area contributed by atoms with Crippen LogP contribution in [0.1, 0.15) is 65.9 Å². The van der Waals surface area contributed by atoms with Gasteiger partial charge in [-0.15, -0.1) is 22.7 Å². The standard InChI is InChI=1S/C22H28N2O2S2/c1-23(21(25)19-13-15-7-3-5-9-17(15)27-19)11-12-24(2)22(26)20-14-16-8-4-6-10-18(16)28-20/h13-14H,3-12H2,1-2H3. The lowest BCUT2D eigenvalue weighted by atomic mass is 9.99. The first-order valence-corrected chi connectivity index (χ1v) is 11.9. The molecular weight excluding hydrogens is 388 g/mol. The molecule has 0 aliphatic heterocycles. The maximum atomic E-state index is 12.8. The van der Waals surface area contributed by atoms with Gasteiger partial charge in [-0.2, -0.15) is 0 Å². The Labute approximate surface area is 175 Å². The molecule has 150 valence electrons. The minimum Gasteiger partial charge on any atom is -0.339 e. The summed E-state index contributed by atoms with van der Waals surface area (Å²) in [7, 11) is 3.67. The molecule has 4 nitrogen and oxygen atoms in total. The summed E-state index contributed by atoms with van der Waals surface area (Å²) in [5.74, 6) is 0.152. The first-order valence-electron chi connectivity index (χ1n) is 10.3. The van der Waals surface area contributed by atoms with Gasteiger partial charge in [-0.05, 0) is 74.6 Å². The first kappa shape index (κ1) is 19.6. The minimum absolute atomic E-state index is 0.0758. The molecule has 28 heavy (non-hydrogen) atoms. The van der Waals surface area contributed by atoms with Crippen molar-refractivity contribution in [3.05, 3.63) is 42.8 Å². The third-order valence-corrected chi connectivity index (χ3v) is 8.33. The predicted molar refractivity (Wildman–Crippen MR) is 116 cm³/mol. The van der Waals surface area contributed by atoms with E-state index in [0.717, 1.165) is 35.4 Å². The number of nitrogens with zero attached hydrogens (tertiary/aromatic N) is 2. The molecule has 0 unspecified atom stereocenters. The lowest BCUT2D eigenvalue weighted by molar-refractivity contribution is 0.0723. The van der Waals surface area contributed by atoms with Gasteiger partial charge in [0.15, 0.2) is 0 Å². The molecule has 2 aromatic heterocycles. The highest BCUT2D eigenvalue weighted by atomic mass is 32.1. The van der Waals surface area contributed by atoms with Crippen molar-refractivity contribution in [2.24, 2.45) is 0 Å². The van der Waals surface area contributed by atoms with Gasteiger partial charge in [0.2, 0.25) is 0 Å². The molecule has 4 rings (SSSR count). The smallest absolute Gasteiger partial charge is 0.263 e. The first-order chi connectivity index (χ1) is 13.5. The number of likely N-dealkylation sites (N-methyl/N-ethyl adjacent to an activating group) is 2. The SMILES string of the molecule is CN(CCN(C)C(=O)c1cc2c(s1)CCCC2)C(=O)c1cc2c(s1)CCCC2. The number of aryl methyl sites for hydroxylation is 4. The average Bonchev–Trinajstić information content (AvgIpc) is 3.34. The predicted octanol–water partition coefficient (Wildman–Crippen LogP) is 4.41. The third-order valence-electron chi connectivity index (χ3n) is 5.88. The summed E-state index contributed by atoms with van der Waals surface area (Å²) in [6.45, 7) is 1.10. The van der Waals surface area contributed by atoms with E-state index in [4.69, 9.17) is 0 Å². The summed E-state index contributed by atoms with van der Waals surface area (Å²) in [5, 5.41) is 0. The molecule has 6 heteroatoms. The number of carbonyl (C=O) groups is 2. The van der Waals surface area contributed by atoms with Gasteiger partial charge in [-0.1, -0.05) is 0 Å². The Morgan fingerprint density at radius 1 is 0.750 bits per heavy atom. The zero-order valence-electron chi connectivity index (χ0n) is 16.8. The van der Waals surface area contributed by atoms with E-state index in [9.17, 15) is 9.59 Å². The molecule has 0 fully saturated rings. The zero-order valence-corrected chi connectivity index (χ0v) is 18.4. The van der Waals surface area contributed by atoms with Gasteiger partial charge in [0.1, 0.15) is 0 Å². The maximum absolute atomic E-state index is 12.8. The van der Waals surface area contributed by atoms with E-state index in [0.29, 0.717) is 13.1 Å². The van der Waals surface area contributed by atoms with E-state index in [2.05, 4.69) is 12.1 Å². The molecule has 0 atom stereocenters. The third kappa shape index (κ3) is 4.03. The molecule has 0 bridgehead atoms. The number of fused-ring (bicyclic) bond motifs is 2. The molecule has 0 aromatic carbocycles. The molecule has 2 amide bonds. The fourth-order valence-corrected chi connectivity index (χ4v) is 6.57. The van der Waals surface area contributed by atoms with Crippen molar-refractivity contribution in [1.29, 1.82) is 0 Å². The molecule has 0 spiro atoms. The fraction of sp³-hybridized carbons (Fsp3) is 0.545. The normalized spacial score (nSPS) is 15.6. The number of hydrogen-bond donors (Lipinski definition) is 0. The quantitative estimate of drug-likeness (QED) is 0.724. The monoisotopic (exact) mass is 416 g/mol. The molecule has 2 heterocycles.